The molecule has 2 aromatic rings. The molecule has 0 aromatic heterocycles. The molecule has 0 radical (unpaired) electrons. The third-order valence-corrected chi connectivity index (χ3v) is 4.62. The van der Waals surface area contributed by atoms with Gasteiger partial charge >= 0.3 is 6.18 Å². The Morgan fingerprint density at radius 3 is 2.45 bits per heavy atom. The Morgan fingerprint density at radius 1 is 1.05 bits per heavy atom. The lowest BCUT2D eigenvalue weighted by atomic mass is 10.1. The van der Waals surface area contributed by atoms with Crippen molar-refractivity contribution in [3.05, 3.63) is 65.7 Å². The quantitative estimate of drug-likeness (QED) is 0.812. The fourth-order valence-electron chi connectivity index (χ4n) is 2.40. The van der Waals surface area contributed by atoms with Gasteiger partial charge in [0.25, 0.3) is 0 Å². The number of carbonyl (C=O) groups is 1. The fourth-order valence-corrected chi connectivity index (χ4v) is 3.58. The molecule has 0 saturated carbocycles. The summed E-state index contributed by atoms with van der Waals surface area (Å²) < 4.78 is 38.6. The van der Waals surface area contributed by atoms with Gasteiger partial charge in [-0.2, -0.15) is 13.2 Å². The first-order valence-electron chi connectivity index (χ1n) is 6.63. The van der Waals surface area contributed by atoms with E-state index >= 15 is 0 Å². The largest absolute Gasteiger partial charge is 0.416 e. The molecular formula is C16H12F3NOS. The Balaban J connectivity index is 2.00. The summed E-state index contributed by atoms with van der Waals surface area (Å²) >= 11 is 1.41. The van der Waals surface area contributed by atoms with E-state index in [1.165, 1.54) is 28.8 Å². The molecule has 1 heterocycles. The number of halogens is 3. The summed E-state index contributed by atoms with van der Waals surface area (Å²) in [5.74, 6) is 0.0775. The minimum absolute atomic E-state index is 0.182. The standard InChI is InChI=1S/C16H12F3NOS/c17-16(18,19)12-7-4-8-13(9-12)20-14(21)10-22-15(20)11-5-2-1-3-6-11/h1-9,15H,10H2. The van der Waals surface area contributed by atoms with E-state index in [1.54, 1.807) is 0 Å². The van der Waals surface area contributed by atoms with Crippen LogP contribution in [-0.4, -0.2) is 11.7 Å². The van der Waals surface area contributed by atoms with Gasteiger partial charge in [0.15, 0.2) is 0 Å². The zero-order chi connectivity index (χ0) is 15.7. The molecule has 6 heteroatoms. The Hall–Kier alpha value is -1.95. The predicted octanol–water partition coefficient (Wildman–Crippen LogP) is 4.48. The average Bonchev–Trinajstić information content (AvgIpc) is 2.89. The lowest BCUT2D eigenvalue weighted by Gasteiger charge is -2.25. The van der Waals surface area contributed by atoms with Gasteiger partial charge in [0.05, 0.1) is 11.3 Å². The van der Waals surface area contributed by atoms with Crippen LogP contribution in [0, 0.1) is 0 Å². The van der Waals surface area contributed by atoms with Gasteiger partial charge in [-0.3, -0.25) is 9.69 Å². The number of alkyl halides is 3. The van der Waals surface area contributed by atoms with Crippen molar-refractivity contribution >= 4 is 23.4 Å². The topological polar surface area (TPSA) is 20.3 Å². The van der Waals surface area contributed by atoms with Gasteiger partial charge in [-0.15, -0.1) is 11.8 Å². The van der Waals surface area contributed by atoms with Crippen LogP contribution < -0.4 is 4.90 Å². The minimum Gasteiger partial charge on any atom is -0.295 e. The first-order valence-corrected chi connectivity index (χ1v) is 7.67. The van der Waals surface area contributed by atoms with Crippen LogP contribution in [0.25, 0.3) is 0 Å². The maximum Gasteiger partial charge on any atom is 0.416 e. The minimum atomic E-state index is -4.42. The number of rotatable bonds is 2. The highest BCUT2D eigenvalue weighted by Crippen LogP contribution is 2.42. The second-order valence-electron chi connectivity index (χ2n) is 4.89. The highest BCUT2D eigenvalue weighted by Gasteiger charge is 2.36. The van der Waals surface area contributed by atoms with Crippen LogP contribution in [0.2, 0.25) is 0 Å². The van der Waals surface area contributed by atoms with Crippen LogP contribution >= 0.6 is 11.8 Å². The highest BCUT2D eigenvalue weighted by molar-refractivity contribution is 8.00. The number of hydrogen-bond donors (Lipinski definition) is 0. The van der Waals surface area contributed by atoms with Crippen LogP contribution in [0.4, 0.5) is 18.9 Å². The van der Waals surface area contributed by atoms with Crippen molar-refractivity contribution < 1.29 is 18.0 Å². The molecule has 2 aromatic carbocycles. The van der Waals surface area contributed by atoms with E-state index in [0.717, 1.165) is 17.7 Å². The number of thioether (sulfide) groups is 1. The zero-order valence-electron chi connectivity index (χ0n) is 11.4. The molecule has 3 rings (SSSR count). The molecule has 1 aliphatic heterocycles. The molecule has 114 valence electrons. The maximum absolute atomic E-state index is 12.9. The summed E-state index contributed by atoms with van der Waals surface area (Å²) in [5, 5.41) is -0.294. The second-order valence-corrected chi connectivity index (χ2v) is 5.95. The number of amides is 1. The summed E-state index contributed by atoms with van der Waals surface area (Å²) in [6, 6.07) is 14.2. The Labute approximate surface area is 129 Å². The van der Waals surface area contributed by atoms with Crippen molar-refractivity contribution in [3.8, 4) is 0 Å². The van der Waals surface area contributed by atoms with E-state index < -0.39 is 11.7 Å². The molecular weight excluding hydrogens is 311 g/mol. The van der Waals surface area contributed by atoms with Crippen LogP contribution in [0.5, 0.6) is 0 Å². The van der Waals surface area contributed by atoms with Crippen molar-refractivity contribution in [1.29, 1.82) is 0 Å². The van der Waals surface area contributed by atoms with Gasteiger partial charge in [0, 0.05) is 5.69 Å². The van der Waals surface area contributed by atoms with E-state index in [0.29, 0.717) is 0 Å². The third kappa shape index (κ3) is 2.83. The summed E-state index contributed by atoms with van der Waals surface area (Å²) in [6.45, 7) is 0. The van der Waals surface area contributed by atoms with Gasteiger partial charge in [-0.1, -0.05) is 36.4 Å². The van der Waals surface area contributed by atoms with Crippen molar-refractivity contribution in [2.75, 3.05) is 10.7 Å². The third-order valence-electron chi connectivity index (χ3n) is 3.40. The Morgan fingerprint density at radius 2 is 1.77 bits per heavy atom. The zero-order valence-corrected chi connectivity index (χ0v) is 12.2. The lowest BCUT2D eigenvalue weighted by Crippen LogP contribution is -2.28. The SMILES string of the molecule is O=C1CSC(c2ccccc2)N1c1cccc(C(F)(F)F)c1. The lowest BCUT2D eigenvalue weighted by molar-refractivity contribution is -0.137. The van der Waals surface area contributed by atoms with Crippen molar-refractivity contribution in [2.24, 2.45) is 0 Å². The van der Waals surface area contributed by atoms with E-state index in [4.69, 9.17) is 0 Å². The first kappa shape index (κ1) is 15.0. The van der Waals surface area contributed by atoms with Crippen molar-refractivity contribution in [2.45, 2.75) is 11.6 Å². The van der Waals surface area contributed by atoms with Crippen LogP contribution in [0.3, 0.4) is 0 Å². The maximum atomic E-state index is 12.9. The predicted molar refractivity (Wildman–Crippen MR) is 80.6 cm³/mol. The highest BCUT2D eigenvalue weighted by atomic mass is 32.2. The molecule has 2 nitrogen and oxygen atoms in total. The number of nitrogens with zero attached hydrogens (tertiary/aromatic N) is 1. The van der Waals surface area contributed by atoms with Crippen LogP contribution in [-0.2, 0) is 11.0 Å². The molecule has 1 fully saturated rings. The van der Waals surface area contributed by atoms with Crippen molar-refractivity contribution in [1.82, 2.24) is 0 Å². The smallest absolute Gasteiger partial charge is 0.295 e. The van der Waals surface area contributed by atoms with Crippen LogP contribution in [0.15, 0.2) is 54.6 Å². The molecule has 0 aliphatic carbocycles. The van der Waals surface area contributed by atoms with Gasteiger partial charge in [-0.25, -0.2) is 0 Å². The summed E-state index contributed by atoms with van der Waals surface area (Å²) in [6.07, 6.45) is -4.42. The number of carbonyl (C=O) groups excluding carboxylic acids is 1. The molecule has 0 bridgehead atoms. The Kier molecular flexibility index (Phi) is 3.87. The molecule has 22 heavy (non-hydrogen) atoms. The van der Waals surface area contributed by atoms with E-state index in [2.05, 4.69) is 0 Å². The van der Waals surface area contributed by atoms with Crippen LogP contribution in [0.1, 0.15) is 16.5 Å². The number of benzene rings is 2. The normalized spacial score (nSPS) is 18.8. The molecule has 0 spiro atoms. The molecule has 1 aliphatic rings. The number of anilines is 1. The number of hydrogen-bond acceptors (Lipinski definition) is 2. The van der Waals surface area contributed by atoms with Gasteiger partial charge in [0.2, 0.25) is 5.91 Å². The van der Waals surface area contributed by atoms with Gasteiger partial charge in [0.1, 0.15) is 5.37 Å². The van der Waals surface area contributed by atoms with E-state index in [1.807, 2.05) is 30.3 Å². The molecule has 0 N–H and O–H groups in total. The average molecular weight is 323 g/mol. The first-order chi connectivity index (χ1) is 10.5. The molecule has 1 atom stereocenters. The summed E-state index contributed by atoms with van der Waals surface area (Å²) in [5.41, 5.74) is 0.427. The molecule has 1 unspecified atom stereocenters. The second kappa shape index (κ2) is 5.68. The van der Waals surface area contributed by atoms with Crippen molar-refractivity contribution in [3.63, 3.8) is 0 Å². The van der Waals surface area contributed by atoms with Gasteiger partial charge < -0.3 is 0 Å². The molecule has 1 saturated heterocycles. The van der Waals surface area contributed by atoms with E-state index in [9.17, 15) is 18.0 Å². The summed E-state index contributed by atoms with van der Waals surface area (Å²) in [7, 11) is 0. The summed E-state index contributed by atoms with van der Waals surface area (Å²) in [4.78, 5) is 13.6. The molecule has 1 amide bonds. The monoisotopic (exact) mass is 323 g/mol. The van der Waals surface area contributed by atoms with E-state index in [-0.39, 0.29) is 22.7 Å². The Bertz CT molecular complexity index is 687. The van der Waals surface area contributed by atoms with Gasteiger partial charge in [-0.05, 0) is 23.8 Å². The fraction of sp³-hybridized carbons (Fsp3) is 0.188.